The van der Waals surface area contributed by atoms with Gasteiger partial charge in [-0.05, 0) is 142 Å². The van der Waals surface area contributed by atoms with Gasteiger partial charge in [0.15, 0.2) is 5.78 Å². The number of hydrogen-bond donors (Lipinski definition) is 4. The summed E-state index contributed by atoms with van der Waals surface area (Å²) in [6.45, 7) is 21.6. The van der Waals surface area contributed by atoms with Crippen LogP contribution in [-0.2, 0) is 0 Å². The summed E-state index contributed by atoms with van der Waals surface area (Å²) < 4.78 is 1.93. The van der Waals surface area contributed by atoms with Crippen molar-refractivity contribution in [3.63, 3.8) is 0 Å². The largest absolute Gasteiger partial charge is 0.478 e. The number of aromatic carboxylic acids is 1. The van der Waals surface area contributed by atoms with E-state index in [0.717, 1.165) is 51.3 Å². The van der Waals surface area contributed by atoms with Gasteiger partial charge in [-0.2, -0.15) is 0 Å². The Labute approximate surface area is 276 Å². The normalized spacial score (nSPS) is 20.6. The zero-order valence-corrected chi connectivity index (χ0v) is 30.9. The number of nitrogens with two attached hydrogens (primary N) is 1. The highest BCUT2D eigenvalue weighted by Crippen LogP contribution is 2.35. The van der Waals surface area contributed by atoms with Crippen molar-refractivity contribution in [2.24, 2.45) is 11.7 Å². The summed E-state index contributed by atoms with van der Waals surface area (Å²) in [5.41, 5.74) is 9.61. The lowest BCUT2D eigenvalue weighted by molar-refractivity contribution is 0.0695. The first-order valence-corrected chi connectivity index (χ1v) is 16.7. The predicted molar refractivity (Wildman–Crippen MR) is 186 cm³/mol. The molecular formula is C35H53Br2N3O3. The minimum Gasteiger partial charge on any atom is -0.478 e. The molecule has 43 heavy (non-hydrogen) atoms. The number of carboxylic acids is 1. The molecular weight excluding hydrogens is 670 g/mol. The maximum absolute atomic E-state index is 12.6. The maximum Gasteiger partial charge on any atom is 0.335 e. The number of carbonyl (C=O) groups is 2. The zero-order valence-electron chi connectivity index (χ0n) is 27.8. The lowest BCUT2D eigenvalue weighted by Gasteiger charge is -2.46. The van der Waals surface area contributed by atoms with Crippen molar-refractivity contribution in [1.29, 1.82) is 0 Å². The molecule has 2 fully saturated rings. The van der Waals surface area contributed by atoms with Crippen molar-refractivity contribution >= 4 is 43.6 Å². The Hall–Kier alpha value is -1.58. The van der Waals surface area contributed by atoms with E-state index in [0.29, 0.717) is 23.9 Å². The molecule has 0 unspecified atom stereocenters. The average Bonchev–Trinajstić information content (AvgIpc) is 2.74. The first-order chi connectivity index (χ1) is 19.5. The fraction of sp³-hybridized carbons (Fsp3) is 0.600. The molecule has 0 saturated carbocycles. The average molecular weight is 724 g/mol. The molecule has 2 aromatic carbocycles. The van der Waals surface area contributed by atoms with Crippen LogP contribution in [0.1, 0.15) is 119 Å². The number of carbonyl (C=O) groups excluding carboxylic acids is 1. The fourth-order valence-corrected chi connectivity index (χ4v) is 8.21. The molecule has 4 rings (SSSR count). The van der Waals surface area contributed by atoms with Gasteiger partial charge in [-0.25, -0.2) is 4.79 Å². The predicted octanol–water partition coefficient (Wildman–Crippen LogP) is 8.60. The van der Waals surface area contributed by atoms with Crippen molar-refractivity contribution in [3.8, 4) is 0 Å². The molecule has 0 bridgehead atoms. The van der Waals surface area contributed by atoms with E-state index in [4.69, 9.17) is 10.8 Å². The molecule has 0 aromatic heterocycles. The highest BCUT2D eigenvalue weighted by molar-refractivity contribution is 9.10. The van der Waals surface area contributed by atoms with Crippen molar-refractivity contribution in [2.45, 2.75) is 130 Å². The second-order valence-electron chi connectivity index (χ2n) is 15.1. The number of piperidine rings is 2. The first kappa shape index (κ1) is 37.6. The molecule has 0 aliphatic carbocycles. The number of hydrogen-bond acceptors (Lipinski definition) is 5. The molecule has 5 N–H and O–H groups in total. The molecule has 0 spiro atoms. The van der Waals surface area contributed by atoms with Gasteiger partial charge >= 0.3 is 5.97 Å². The molecule has 8 heteroatoms. The molecule has 2 heterocycles. The summed E-state index contributed by atoms with van der Waals surface area (Å²) in [4.78, 5) is 23.1. The van der Waals surface area contributed by atoms with Gasteiger partial charge in [0, 0.05) is 49.1 Å². The quantitative estimate of drug-likeness (QED) is 0.236. The van der Waals surface area contributed by atoms with Gasteiger partial charge in [0.2, 0.25) is 0 Å². The molecule has 240 valence electrons. The van der Waals surface area contributed by atoms with Crippen LogP contribution in [0.3, 0.4) is 0 Å². The molecule has 2 saturated heterocycles. The lowest BCUT2D eigenvalue weighted by Crippen LogP contribution is -2.60. The SMILES string of the molecule is CC1(C)CC(N)CC(C)(C)N1.Cc1cc(Br)ccc1C(=O)CC1CC(C)(C)NC(C)(C)C1.Cc1cc(Br)ccc1C(=O)O. The highest BCUT2D eigenvalue weighted by atomic mass is 79.9. The number of rotatable bonds is 4. The Kier molecular flexibility index (Phi) is 12.8. The van der Waals surface area contributed by atoms with E-state index < -0.39 is 5.97 Å². The minimum absolute atomic E-state index is 0.0987. The smallest absolute Gasteiger partial charge is 0.335 e. The molecule has 6 nitrogen and oxygen atoms in total. The van der Waals surface area contributed by atoms with Crippen molar-refractivity contribution in [2.75, 3.05) is 0 Å². The van der Waals surface area contributed by atoms with Gasteiger partial charge in [0.1, 0.15) is 0 Å². The van der Waals surface area contributed by atoms with Crippen LogP contribution in [0, 0.1) is 19.8 Å². The van der Waals surface area contributed by atoms with Gasteiger partial charge in [0.05, 0.1) is 5.56 Å². The third kappa shape index (κ3) is 12.7. The summed E-state index contributed by atoms with van der Waals surface area (Å²) in [7, 11) is 0. The van der Waals surface area contributed by atoms with E-state index in [1.807, 2.05) is 25.1 Å². The topological polar surface area (TPSA) is 104 Å². The van der Waals surface area contributed by atoms with Gasteiger partial charge in [-0.3, -0.25) is 4.79 Å². The summed E-state index contributed by atoms with van der Waals surface area (Å²) in [6.07, 6.45) is 4.92. The number of Topliss-reactive ketones (excluding diaryl/α,β-unsaturated/α-hetero) is 1. The molecule has 0 atom stereocenters. The van der Waals surface area contributed by atoms with E-state index in [1.54, 1.807) is 25.1 Å². The third-order valence-electron chi connectivity index (χ3n) is 7.88. The maximum atomic E-state index is 12.6. The number of aryl methyl sites for hydroxylation is 2. The summed E-state index contributed by atoms with van der Waals surface area (Å²) in [6, 6.07) is 11.4. The summed E-state index contributed by atoms with van der Waals surface area (Å²) in [5, 5.41) is 15.9. The Morgan fingerprint density at radius 3 is 1.47 bits per heavy atom. The van der Waals surface area contributed by atoms with E-state index in [2.05, 4.69) is 97.9 Å². The minimum atomic E-state index is -0.880. The Balaban J connectivity index is 0.000000247. The van der Waals surface area contributed by atoms with E-state index in [-0.39, 0.29) is 27.9 Å². The van der Waals surface area contributed by atoms with Crippen LogP contribution < -0.4 is 16.4 Å². The van der Waals surface area contributed by atoms with Crippen molar-refractivity contribution in [1.82, 2.24) is 10.6 Å². The van der Waals surface area contributed by atoms with Gasteiger partial charge in [-0.15, -0.1) is 0 Å². The van der Waals surface area contributed by atoms with Crippen LogP contribution in [0.15, 0.2) is 45.3 Å². The molecule has 2 aromatic rings. The fourth-order valence-electron chi connectivity index (χ4n) is 7.26. The first-order valence-electron chi connectivity index (χ1n) is 15.1. The number of benzene rings is 2. The number of ketones is 1. The summed E-state index contributed by atoms with van der Waals surface area (Å²) >= 11 is 6.71. The second-order valence-corrected chi connectivity index (χ2v) is 16.9. The third-order valence-corrected chi connectivity index (χ3v) is 8.86. The lowest BCUT2D eigenvalue weighted by atomic mass is 9.73. The highest BCUT2D eigenvalue weighted by Gasteiger charge is 2.38. The number of halogens is 2. The number of carboxylic acid groups (broad SMARTS) is 1. The van der Waals surface area contributed by atoms with E-state index in [1.165, 1.54) is 0 Å². The van der Waals surface area contributed by atoms with Crippen LogP contribution in [0.4, 0.5) is 0 Å². The zero-order chi connectivity index (χ0) is 33.0. The Morgan fingerprint density at radius 1 is 0.744 bits per heavy atom. The van der Waals surface area contributed by atoms with E-state index in [9.17, 15) is 9.59 Å². The Morgan fingerprint density at radius 2 is 1.12 bits per heavy atom. The molecule has 0 radical (unpaired) electrons. The van der Waals surface area contributed by atoms with Crippen LogP contribution in [-0.4, -0.2) is 45.1 Å². The van der Waals surface area contributed by atoms with Gasteiger partial charge < -0.3 is 21.5 Å². The monoisotopic (exact) mass is 721 g/mol. The van der Waals surface area contributed by atoms with Crippen LogP contribution in [0.25, 0.3) is 0 Å². The molecule has 2 aliphatic rings. The van der Waals surface area contributed by atoms with Gasteiger partial charge in [0.25, 0.3) is 0 Å². The van der Waals surface area contributed by atoms with Crippen molar-refractivity contribution in [3.05, 3.63) is 67.6 Å². The molecule has 0 amide bonds. The molecule has 2 aliphatic heterocycles. The Bertz CT molecular complexity index is 1260. The van der Waals surface area contributed by atoms with Crippen LogP contribution in [0.5, 0.6) is 0 Å². The van der Waals surface area contributed by atoms with E-state index >= 15 is 0 Å². The van der Waals surface area contributed by atoms with Crippen LogP contribution in [0.2, 0.25) is 0 Å². The van der Waals surface area contributed by atoms with Crippen molar-refractivity contribution < 1.29 is 14.7 Å². The van der Waals surface area contributed by atoms with Crippen LogP contribution >= 0.6 is 31.9 Å². The second kappa shape index (κ2) is 14.7. The van der Waals surface area contributed by atoms with Gasteiger partial charge in [-0.1, -0.05) is 37.9 Å². The standard InChI is InChI=1S/C18H26BrNO.C9H20N2.C8H7BrO2/c1-12-8-14(19)6-7-15(12)16(21)9-13-10-17(2,3)20-18(4,5)11-13;1-8(2)5-7(10)6-9(3,4)11-8;1-5-4-6(9)2-3-7(5)8(10)11/h6-8,13,20H,9-11H2,1-5H3;7,11H,5-6,10H2,1-4H3;2-4H,1H3,(H,10,11). The summed E-state index contributed by atoms with van der Waals surface area (Å²) in [5.74, 6) is -0.153. The number of nitrogens with one attached hydrogen (secondary N) is 2.